The molecule has 1 N–H and O–H groups in total. The molecular formula is C25H29ClN2O4. The molecule has 2 aliphatic heterocycles. The van der Waals surface area contributed by atoms with Gasteiger partial charge in [-0.05, 0) is 61.1 Å². The Morgan fingerprint density at radius 3 is 2.53 bits per heavy atom. The Balaban J connectivity index is 1.15. The van der Waals surface area contributed by atoms with Crippen LogP contribution in [0.1, 0.15) is 37.2 Å². The van der Waals surface area contributed by atoms with E-state index in [0.29, 0.717) is 42.8 Å². The average Bonchev–Trinajstić information content (AvgIpc) is 3.47. The van der Waals surface area contributed by atoms with E-state index in [-0.39, 0.29) is 12.0 Å². The summed E-state index contributed by atoms with van der Waals surface area (Å²) in [6.07, 6.45) is 3.28. The van der Waals surface area contributed by atoms with Crippen molar-refractivity contribution < 1.29 is 19.4 Å². The van der Waals surface area contributed by atoms with E-state index in [4.69, 9.17) is 21.1 Å². The molecule has 1 aliphatic carbocycles. The molecule has 1 amide bonds. The van der Waals surface area contributed by atoms with Crippen molar-refractivity contribution in [1.82, 2.24) is 4.90 Å². The first-order valence-electron chi connectivity index (χ1n) is 11.5. The quantitative estimate of drug-likeness (QED) is 0.653. The molecule has 0 spiro atoms. The van der Waals surface area contributed by atoms with Gasteiger partial charge in [0.15, 0.2) is 6.10 Å². The lowest BCUT2D eigenvalue weighted by Gasteiger charge is -2.19. The van der Waals surface area contributed by atoms with Gasteiger partial charge in [-0.15, -0.1) is 0 Å². The molecule has 3 fully saturated rings. The van der Waals surface area contributed by atoms with Crippen molar-refractivity contribution in [3.63, 3.8) is 0 Å². The summed E-state index contributed by atoms with van der Waals surface area (Å²) >= 11 is 6.44. The number of likely N-dealkylation sites (tertiary alicyclic amines) is 1. The highest BCUT2D eigenvalue weighted by atomic mass is 35.5. The van der Waals surface area contributed by atoms with Gasteiger partial charge in [0.2, 0.25) is 0 Å². The van der Waals surface area contributed by atoms with Crippen molar-refractivity contribution in [1.29, 1.82) is 0 Å². The normalized spacial score (nSPS) is 23.7. The van der Waals surface area contributed by atoms with Crippen LogP contribution in [0.4, 0.5) is 5.69 Å². The monoisotopic (exact) mass is 456 g/mol. The zero-order chi connectivity index (χ0) is 22.1. The summed E-state index contributed by atoms with van der Waals surface area (Å²) in [6.45, 7) is 3.44. The van der Waals surface area contributed by atoms with Crippen LogP contribution in [0.5, 0.6) is 11.5 Å². The third kappa shape index (κ3) is 4.87. The molecule has 32 heavy (non-hydrogen) atoms. The summed E-state index contributed by atoms with van der Waals surface area (Å²) in [7, 11) is 0. The molecule has 2 heterocycles. The van der Waals surface area contributed by atoms with Crippen LogP contribution in [-0.4, -0.2) is 60.9 Å². The number of rotatable bonds is 8. The van der Waals surface area contributed by atoms with Crippen molar-refractivity contribution in [2.24, 2.45) is 0 Å². The van der Waals surface area contributed by atoms with Crippen LogP contribution >= 0.6 is 11.6 Å². The molecule has 1 saturated carbocycles. The van der Waals surface area contributed by atoms with Crippen molar-refractivity contribution in [3.8, 4) is 11.5 Å². The Morgan fingerprint density at radius 1 is 1.03 bits per heavy atom. The fourth-order valence-corrected chi connectivity index (χ4v) is 4.72. The molecule has 2 atom stereocenters. The van der Waals surface area contributed by atoms with Gasteiger partial charge in [-0.3, -0.25) is 9.69 Å². The first-order chi connectivity index (χ1) is 15.6. The zero-order valence-electron chi connectivity index (χ0n) is 18.1. The highest BCUT2D eigenvalue weighted by Gasteiger charge is 2.34. The van der Waals surface area contributed by atoms with Crippen LogP contribution in [0.3, 0.4) is 0 Å². The number of amides is 1. The van der Waals surface area contributed by atoms with Crippen molar-refractivity contribution in [3.05, 3.63) is 53.1 Å². The van der Waals surface area contributed by atoms with Crippen molar-refractivity contribution >= 4 is 23.2 Å². The lowest BCUT2D eigenvalue weighted by atomic mass is 10.1. The Kier molecular flexibility index (Phi) is 6.26. The predicted molar refractivity (Wildman–Crippen MR) is 124 cm³/mol. The number of benzene rings is 2. The molecule has 2 aromatic rings. The van der Waals surface area contributed by atoms with Gasteiger partial charge in [-0.2, -0.15) is 0 Å². The third-order valence-electron chi connectivity index (χ3n) is 6.50. The summed E-state index contributed by atoms with van der Waals surface area (Å²) in [5.41, 5.74) is 2.11. The van der Waals surface area contributed by atoms with Crippen LogP contribution in [-0.2, 0) is 4.79 Å². The standard InChI is InChI=1S/C25H29ClN2O4/c26-22-15-19(5-8-23(22)31-14-13-27-11-9-20(29)16-27)28-12-10-24(25(28)30)32-21-6-3-18(4-7-21)17-1-2-17/h3-8,15,17,20,24,29H,1-2,9-14,16H2/t20-,24-/m0/s1. The molecule has 170 valence electrons. The molecular weight excluding hydrogens is 428 g/mol. The number of aliphatic hydroxyl groups is 1. The minimum Gasteiger partial charge on any atom is -0.491 e. The first kappa shape index (κ1) is 21.6. The summed E-state index contributed by atoms with van der Waals surface area (Å²) in [6, 6.07) is 13.6. The Labute approximate surface area is 193 Å². The van der Waals surface area contributed by atoms with E-state index in [9.17, 15) is 9.90 Å². The van der Waals surface area contributed by atoms with E-state index in [1.165, 1.54) is 18.4 Å². The van der Waals surface area contributed by atoms with Crippen LogP contribution in [0.25, 0.3) is 0 Å². The Morgan fingerprint density at radius 2 is 1.84 bits per heavy atom. The maximum atomic E-state index is 12.9. The topological polar surface area (TPSA) is 62.2 Å². The van der Waals surface area contributed by atoms with Gasteiger partial charge in [0, 0.05) is 38.3 Å². The molecule has 0 bridgehead atoms. The van der Waals surface area contributed by atoms with E-state index >= 15 is 0 Å². The average molecular weight is 457 g/mol. The van der Waals surface area contributed by atoms with Crippen LogP contribution < -0.4 is 14.4 Å². The fourth-order valence-electron chi connectivity index (χ4n) is 4.49. The number of ether oxygens (including phenoxy) is 2. The van der Waals surface area contributed by atoms with E-state index in [2.05, 4.69) is 17.0 Å². The number of anilines is 1. The highest BCUT2D eigenvalue weighted by molar-refractivity contribution is 6.32. The van der Waals surface area contributed by atoms with E-state index in [1.807, 2.05) is 24.3 Å². The Bertz CT molecular complexity index is 963. The van der Waals surface area contributed by atoms with Crippen molar-refractivity contribution in [2.45, 2.75) is 43.8 Å². The molecule has 5 rings (SSSR count). The van der Waals surface area contributed by atoms with Crippen LogP contribution in [0, 0.1) is 0 Å². The fraction of sp³-hybridized carbons (Fsp3) is 0.480. The summed E-state index contributed by atoms with van der Waals surface area (Å²) < 4.78 is 11.8. The smallest absolute Gasteiger partial charge is 0.268 e. The van der Waals surface area contributed by atoms with Crippen molar-refractivity contribution in [2.75, 3.05) is 37.7 Å². The van der Waals surface area contributed by atoms with Gasteiger partial charge < -0.3 is 19.5 Å². The number of nitrogens with zero attached hydrogens (tertiary/aromatic N) is 2. The second-order valence-electron chi connectivity index (χ2n) is 8.93. The summed E-state index contributed by atoms with van der Waals surface area (Å²) in [5, 5.41) is 10.1. The number of β-amino-alcohol motifs (C(OH)–C–C–N with tert-alkyl or cyclic N) is 1. The van der Waals surface area contributed by atoms with Gasteiger partial charge >= 0.3 is 0 Å². The van der Waals surface area contributed by atoms with Gasteiger partial charge in [-0.25, -0.2) is 0 Å². The molecule has 0 radical (unpaired) electrons. The largest absolute Gasteiger partial charge is 0.491 e. The highest BCUT2D eigenvalue weighted by Crippen LogP contribution is 2.40. The zero-order valence-corrected chi connectivity index (χ0v) is 18.8. The number of hydrogen-bond donors (Lipinski definition) is 1. The number of carbonyl (C=O) groups is 1. The molecule has 2 aromatic carbocycles. The third-order valence-corrected chi connectivity index (χ3v) is 6.80. The van der Waals surface area contributed by atoms with Gasteiger partial charge in [0.1, 0.15) is 18.1 Å². The minimum absolute atomic E-state index is 0.0476. The number of carbonyl (C=O) groups excluding carboxylic acids is 1. The molecule has 2 saturated heterocycles. The lowest BCUT2D eigenvalue weighted by molar-refractivity contribution is -0.122. The minimum atomic E-state index is -0.479. The van der Waals surface area contributed by atoms with E-state index in [0.717, 1.165) is 30.9 Å². The van der Waals surface area contributed by atoms with Crippen LogP contribution in [0.2, 0.25) is 5.02 Å². The van der Waals surface area contributed by atoms with E-state index in [1.54, 1.807) is 11.0 Å². The molecule has 3 aliphatic rings. The molecule has 0 unspecified atom stereocenters. The molecule has 7 heteroatoms. The SMILES string of the molecule is O=C1[C@@H](Oc2ccc(C3CC3)cc2)CCN1c1ccc(OCCN2CC[C@H](O)C2)c(Cl)c1. The molecule has 6 nitrogen and oxygen atoms in total. The lowest BCUT2D eigenvalue weighted by Crippen LogP contribution is -2.32. The van der Waals surface area contributed by atoms with Gasteiger partial charge in [-0.1, -0.05) is 23.7 Å². The summed E-state index contributed by atoms with van der Waals surface area (Å²) in [4.78, 5) is 16.8. The second-order valence-corrected chi connectivity index (χ2v) is 9.34. The van der Waals surface area contributed by atoms with Gasteiger partial charge in [0.05, 0.1) is 11.1 Å². The Hall–Kier alpha value is -2.28. The predicted octanol–water partition coefficient (Wildman–Crippen LogP) is 3.85. The summed E-state index contributed by atoms with van der Waals surface area (Å²) in [5.74, 6) is 2.00. The number of hydrogen-bond acceptors (Lipinski definition) is 5. The number of aliphatic hydroxyl groups excluding tert-OH is 1. The van der Waals surface area contributed by atoms with E-state index < -0.39 is 6.10 Å². The number of halogens is 1. The van der Waals surface area contributed by atoms with Crippen LogP contribution in [0.15, 0.2) is 42.5 Å². The second kappa shape index (κ2) is 9.30. The molecule has 0 aromatic heterocycles. The first-order valence-corrected chi connectivity index (χ1v) is 11.9. The maximum absolute atomic E-state index is 12.9. The van der Waals surface area contributed by atoms with Gasteiger partial charge in [0.25, 0.3) is 5.91 Å². The maximum Gasteiger partial charge on any atom is 0.268 e.